The smallest absolute Gasteiger partial charge is 0.273 e. The Morgan fingerprint density at radius 1 is 1.35 bits per heavy atom. The van der Waals surface area contributed by atoms with Crippen LogP contribution in [0.5, 0.6) is 0 Å². The Morgan fingerprint density at radius 2 is 2.08 bits per heavy atom. The number of carbonyl (C=O) groups is 1. The van der Waals surface area contributed by atoms with Crippen LogP contribution in [0.2, 0.25) is 0 Å². The topological polar surface area (TPSA) is 88.0 Å². The van der Waals surface area contributed by atoms with E-state index in [0.717, 1.165) is 37.3 Å². The van der Waals surface area contributed by atoms with E-state index in [-0.39, 0.29) is 30.7 Å². The highest BCUT2D eigenvalue weighted by Gasteiger charge is 2.19. The molecule has 2 aromatic rings. The van der Waals surface area contributed by atoms with Gasteiger partial charge in [-0.05, 0) is 32.0 Å². The molecule has 144 valence electrons. The zero-order valence-electron chi connectivity index (χ0n) is 14.9. The molecule has 10 heteroatoms. The molecule has 26 heavy (non-hydrogen) atoms. The van der Waals surface area contributed by atoms with Crippen LogP contribution in [0.3, 0.4) is 0 Å². The van der Waals surface area contributed by atoms with E-state index in [1.807, 2.05) is 35.8 Å². The molecule has 1 aliphatic heterocycles. The minimum absolute atomic E-state index is 0. The van der Waals surface area contributed by atoms with E-state index < -0.39 is 0 Å². The molecule has 0 aromatic carbocycles. The van der Waals surface area contributed by atoms with Gasteiger partial charge in [0.25, 0.3) is 5.91 Å². The lowest BCUT2D eigenvalue weighted by Crippen LogP contribution is -2.29. The number of nitrogens with one attached hydrogen (secondary N) is 2. The van der Waals surface area contributed by atoms with Crippen LogP contribution in [0.1, 0.15) is 34.9 Å². The Kier molecular flexibility index (Phi) is 8.77. The summed E-state index contributed by atoms with van der Waals surface area (Å²) in [6, 6.07) is 4.13. The van der Waals surface area contributed by atoms with Gasteiger partial charge in [-0.2, -0.15) is 0 Å². The standard InChI is InChI=1S/C16H23N7O.2ClH/c1-22(2)15-12(4-3-7-18-15)10-19-16(24)14-11-23(21-20-14)13-5-8-17-9-6-13;;/h3-4,7,11,13,17H,5-6,8-10H2,1-2H3,(H,19,24);2*1H. The molecule has 3 heterocycles. The minimum Gasteiger partial charge on any atom is -0.362 e. The average Bonchev–Trinajstić information content (AvgIpc) is 3.11. The highest BCUT2D eigenvalue weighted by molar-refractivity contribution is 5.91. The van der Waals surface area contributed by atoms with Crippen molar-refractivity contribution in [2.24, 2.45) is 0 Å². The molecule has 0 unspecified atom stereocenters. The van der Waals surface area contributed by atoms with Gasteiger partial charge in [-0.15, -0.1) is 29.9 Å². The van der Waals surface area contributed by atoms with Crippen molar-refractivity contribution in [3.63, 3.8) is 0 Å². The van der Waals surface area contributed by atoms with Crippen molar-refractivity contribution < 1.29 is 4.79 Å². The van der Waals surface area contributed by atoms with E-state index in [0.29, 0.717) is 18.3 Å². The number of nitrogens with zero attached hydrogens (tertiary/aromatic N) is 5. The summed E-state index contributed by atoms with van der Waals surface area (Å²) in [5.74, 6) is 0.625. The highest BCUT2D eigenvalue weighted by Crippen LogP contribution is 2.17. The summed E-state index contributed by atoms with van der Waals surface area (Å²) in [6.07, 6.45) is 5.49. The lowest BCUT2D eigenvalue weighted by molar-refractivity contribution is 0.0946. The number of carbonyl (C=O) groups excluding carboxylic acids is 1. The van der Waals surface area contributed by atoms with E-state index in [1.165, 1.54) is 0 Å². The fourth-order valence-electron chi connectivity index (χ4n) is 2.87. The predicted octanol–water partition coefficient (Wildman–Crippen LogP) is 1.44. The predicted molar refractivity (Wildman–Crippen MR) is 105 cm³/mol. The van der Waals surface area contributed by atoms with Crippen molar-refractivity contribution >= 4 is 36.5 Å². The third-order valence-electron chi connectivity index (χ3n) is 4.16. The molecule has 1 aliphatic rings. The number of pyridine rings is 1. The monoisotopic (exact) mass is 401 g/mol. The van der Waals surface area contributed by atoms with Crippen LogP contribution in [-0.4, -0.2) is 53.1 Å². The summed E-state index contributed by atoms with van der Waals surface area (Å²) < 4.78 is 1.81. The van der Waals surface area contributed by atoms with Crippen LogP contribution < -0.4 is 15.5 Å². The first kappa shape index (κ1) is 22.1. The molecular weight excluding hydrogens is 377 g/mol. The first-order chi connectivity index (χ1) is 11.6. The summed E-state index contributed by atoms with van der Waals surface area (Å²) in [5.41, 5.74) is 1.31. The molecule has 0 atom stereocenters. The molecule has 0 spiro atoms. The van der Waals surface area contributed by atoms with Crippen molar-refractivity contribution in [3.05, 3.63) is 35.8 Å². The van der Waals surface area contributed by atoms with Crippen molar-refractivity contribution in [1.29, 1.82) is 0 Å². The number of hydrogen-bond donors (Lipinski definition) is 2. The Morgan fingerprint density at radius 3 is 2.77 bits per heavy atom. The maximum Gasteiger partial charge on any atom is 0.273 e. The first-order valence-electron chi connectivity index (χ1n) is 8.17. The van der Waals surface area contributed by atoms with Gasteiger partial charge in [0, 0.05) is 32.4 Å². The summed E-state index contributed by atoms with van der Waals surface area (Å²) in [4.78, 5) is 18.6. The number of piperidine rings is 1. The van der Waals surface area contributed by atoms with Gasteiger partial charge in [-0.3, -0.25) is 4.79 Å². The molecule has 0 saturated carbocycles. The lowest BCUT2D eigenvalue weighted by Gasteiger charge is -2.22. The maximum absolute atomic E-state index is 12.3. The number of aromatic nitrogens is 4. The van der Waals surface area contributed by atoms with Gasteiger partial charge in [0.05, 0.1) is 12.2 Å². The molecule has 3 rings (SSSR count). The Hall–Kier alpha value is -1.90. The van der Waals surface area contributed by atoms with Gasteiger partial charge in [0.15, 0.2) is 5.69 Å². The second-order valence-electron chi connectivity index (χ2n) is 6.13. The number of rotatable bonds is 5. The number of hydrogen-bond acceptors (Lipinski definition) is 6. The molecule has 0 aliphatic carbocycles. The van der Waals surface area contributed by atoms with Crippen LogP contribution in [-0.2, 0) is 6.54 Å². The minimum atomic E-state index is -0.219. The van der Waals surface area contributed by atoms with Gasteiger partial charge >= 0.3 is 0 Å². The van der Waals surface area contributed by atoms with E-state index in [9.17, 15) is 4.79 Å². The van der Waals surface area contributed by atoms with Gasteiger partial charge in [0.1, 0.15) is 5.82 Å². The normalized spacial score (nSPS) is 14.1. The summed E-state index contributed by atoms with van der Waals surface area (Å²) in [5, 5.41) is 14.3. The second-order valence-corrected chi connectivity index (χ2v) is 6.13. The maximum atomic E-state index is 12.3. The molecule has 2 N–H and O–H groups in total. The van der Waals surface area contributed by atoms with Crippen molar-refractivity contribution in [2.75, 3.05) is 32.1 Å². The zero-order valence-corrected chi connectivity index (χ0v) is 16.5. The average molecular weight is 402 g/mol. The number of amides is 1. The lowest BCUT2D eigenvalue weighted by atomic mass is 10.1. The Balaban J connectivity index is 0.00000169. The SMILES string of the molecule is CN(C)c1ncccc1CNC(=O)c1cn(C2CCNCC2)nn1.Cl.Cl. The number of halogens is 2. The number of anilines is 1. The highest BCUT2D eigenvalue weighted by atomic mass is 35.5. The van der Waals surface area contributed by atoms with E-state index in [4.69, 9.17) is 0 Å². The fourth-order valence-corrected chi connectivity index (χ4v) is 2.87. The fraction of sp³-hybridized carbons (Fsp3) is 0.500. The van der Waals surface area contributed by atoms with Gasteiger partial charge in [-0.1, -0.05) is 11.3 Å². The van der Waals surface area contributed by atoms with Crippen molar-refractivity contribution in [1.82, 2.24) is 30.6 Å². The summed E-state index contributed by atoms with van der Waals surface area (Å²) >= 11 is 0. The molecule has 8 nitrogen and oxygen atoms in total. The summed E-state index contributed by atoms with van der Waals surface area (Å²) in [7, 11) is 3.86. The molecular formula is C16H25Cl2N7O. The van der Waals surface area contributed by atoms with Crippen LogP contribution in [0, 0.1) is 0 Å². The first-order valence-corrected chi connectivity index (χ1v) is 8.17. The summed E-state index contributed by atoms with van der Waals surface area (Å²) in [6.45, 7) is 2.35. The van der Waals surface area contributed by atoms with Crippen LogP contribution in [0.15, 0.2) is 24.5 Å². The molecule has 0 radical (unpaired) electrons. The van der Waals surface area contributed by atoms with Gasteiger partial charge in [-0.25, -0.2) is 9.67 Å². The van der Waals surface area contributed by atoms with E-state index in [1.54, 1.807) is 12.4 Å². The Bertz CT molecular complexity index is 701. The Labute approximate surface area is 165 Å². The van der Waals surface area contributed by atoms with Gasteiger partial charge in [0.2, 0.25) is 0 Å². The second kappa shape index (κ2) is 10.3. The van der Waals surface area contributed by atoms with E-state index >= 15 is 0 Å². The largest absolute Gasteiger partial charge is 0.362 e. The van der Waals surface area contributed by atoms with Crippen molar-refractivity contribution in [2.45, 2.75) is 25.4 Å². The zero-order chi connectivity index (χ0) is 16.9. The van der Waals surface area contributed by atoms with E-state index in [2.05, 4.69) is 25.9 Å². The quantitative estimate of drug-likeness (QED) is 0.787. The molecule has 1 amide bonds. The van der Waals surface area contributed by atoms with Crippen LogP contribution in [0.4, 0.5) is 5.82 Å². The molecule has 1 fully saturated rings. The van der Waals surface area contributed by atoms with Crippen LogP contribution in [0.25, 0.3) is 0 Å². The molecule has 0 bridgehead atoms. The molecule has 1 saturated heterocycles. The van der Waals surface area contributed by atoms with Crippen LogP contribution >= 0.6 is 24.8 Å². The third-order valence-corrected chi connectivity index (χ3v) is 4.16. The molecule has 2 aromatic heterocycles. The van der Waals surface area contributed by atoms with Crippen molar-refractivity contribution in [3.8, 4) is 0 Å². The van der Waals surface area contributed by atoms with Gasteiger partial charge < -0.3 is 15.5 Å². The third kappa shape index (κ3) is 5.30.